The maximum Gasteiger partial charge on any atom is 0.342 e. The molecule has 0 aliphatic carbocycles. The molecule has 0 aromatic heterocycles. The molecule has 2 aromatic carbocycles. The predicted octanol–water partition coefficient (Wildman–Crippen LogP) is 3.88. The molecule has 0 aliphatic heterocycles. The van der Waals surface area contributed by atoms with Gasteiger partial charge in [0.15, 0.2) is 18.1 Å². The van der Waals surface area contributed by atoms with Gasteiger partial charge in [0.05, 0.1) is 21.3 Å². The van der Waals surface area contributed by atoms with Gasteiger partial charge in [0, 0.05) is 17.7 Å². The Kier molecular flexibility index (Phi) is 7.44. The number of hydrogen-bond donors (Lipinski definition) is 0. The van der Waals surface area contributed by atoms with Crippen LogP contribution in [0.3, 0.4) is 0 Å². The Balaban J connectivity index is 2.21. The van der Waals surface area contributed by atoms with E-state index in [1.54, 1.807) is 0 Å². The van der Waals surface area contributed by atoms with E-state index in [0.29, 0.717) is 17.1 Å². The average Bonchev–Trinajstić information content (AvgIpc) is 2.75. The molecule has 150 valence electrons. The van der Waals surface area contributed by atoms with Gasteiger partial charge in [-0.3, -0.25) is 4.79 Å². The molecular weight excluding hydrogens is 360 g/mol. The minimum Gasteiger partial charge on any atom is -0.496 e. The van der Waals surface area contributed by atoms with Crippen LogP contribution in [0.5, 0.6) is 17.2 Å². The Bertz CT molecular complexity index is 856. The maximum atomic E-state index is 12.7. The Morgan fingerprint density at radius 2 is 1.43 bits per heavy atom. The van der Waals surface area contributed by atoms with Crippen LogP contribution in [-0.4, -0.2) is 39.7 Å². The lowest BCUT2D eigenvalue weighted by Gasteiger charge is -2.14. The largest absolute Gasteiger partial charge is 0.496 e. The first-order valence-electron chi connectivity index (χ1n) is 9.11. The minimum absolute atomic E-state index is 0.158. The number of hydrogen-bond acceptors (Lipinski definition) is 6. The fourth-order valence-electron chi connectivity index (χ4n) is 2.89. The molecule has 2 rings (SSSR count). The first kappa shape index (κ1) is 21.3. The predicted molar refractivity (Wildman–Crippen MR) is 106 cm³/mol. The van der Waals surface area contributed by atoms with Gasteiger partial charge in [0.25, 0.3) is 0 Å². The highest BCUT2D eigenvalue weighted by atomic mass is 16.5. The molecule has 28 heavy (non-hydrogen) atoms. The molecule has 2 aromatic rings. The van der Waals surface area contributed by atoms with Gasteiger partial charge in [0.2, 0.25) is 5.78 Å². The lowest BCUT2D eigenvalue weighted by Crippen LogP contribution is -2.16. The smallest absolute Gasteiger partial charge is 0.342 e. The Labute approximate surface area is 165 Å². The molecule has 0 saturated carbocycles. The van der Waals surface area contributed by atoms with E-state index in [2.05, 4.69) is 0 Å². The van der Waals surface area contributed by atoms with Gasteiger partial charge < -0.3 is 18.9 Å². The SMILES string of the molecule is CCc1ccc(CC)c(C(=O)COC(=O)c2cc(OC)c(OC)cc2OC)c1. The number of ketones is 1. The highest BCUT2D eigenvalue weighted by Crippen LogP contribution is 2.35. The molecule has 0 radical (unpaired) electrons. The lowest BCUT2D eigenvalue weighted by molar-refractivity contribution is 0.0471. The summed E-state index contributed by atoms with van der Waals surface area (Å²) in [5.74, 6) is 0.162. The van der Waals surface area contributed by atoms with Crippen LogP contribution < -0.4 is 14.2 Å². The number of carbonyl (C=O) groups is 2. The number of carbonyl (C=O) groups excluding carboxylic acids is 2. The molecule has 0 amide bonds. The third-order valence-electron chi connectivity index (χ3n) is 4.52. The van der Waals surface area contributed by atoms with E-state index < -0.39 is 5.97 Å². The molecule has 0 atom stereocenters. The van der Waals surface area contributed by atoms with E-state index in [1.165, 1.54) is 33.5 Å². The van der Waals surface area contributed by atoms with Crippen LogP contribution in [0.2, 0.25) is 0 Å². The van der Waals surface area contributed by atoms with E-state index in [4.69, 9.17) is 18.9 Å². The van der Waals surface area contributed by atoms with E-state index in [1.807, 2.05) is 32.0 Å². The number of esters is 1. The zero-order valence-electron chi connectivity index (χ0n) is 17.0. The molecule has 0 heterocycles. The second kappa shape index (κ2) is 9.78. The topological polar surface area (TPSA) is 71.1 Å². The number of Topliss-reactive ketones (excluding diaryl/α,β-unsaturated/α-hetero) is 1. The van der Waals surface area contributed by atoms with E-state index >= 15 is 0 Å². The van der Waals surface area contributed by atoms with Crippen LogP contribution in [0.1, 0.15) is 45.7 Å². The molecule has 6 nitrogen and oxygen atoms in total. The molecule has 0 unspecified atom stereocenters. The standard InChI is InChI=1S/C22H26O6/c1-6-14-8-9-15(7-2)16(10-14)18(23)13-28-22(24)17-11-20(26-4)21(27-5)12-19(17)25-3/h8-12H,6-7,13H2,1-5H3. The summed E-state index contributed by atoms with van der Waals surface area (Å²) < 4.78 is 20.9. The van der Waals surface area contributed by atoms with E-state index in [0.717, 1.165) is 24.0 Å². The van der Waals surface area contributed by atoms with Gasteiger partial charge >= 0.3 is 5.97 Å². The van der Waals surface area contributed by atoms with Gasteiger partial charge in [-0.1, -0.05) is 26.0 Å². The second-order valence-electron chi connectivity index (χ2n) is 6.11. The van der Waals surface area contributed by atoms with Crippen LogP contribution >= 0.6 is 0 Å². The van der Waals surface area contributed by atoms with Crippen LogP contribution in [0.15, 0.2) is 30.3 Å². The van der Waals surface area contributed by atoms with Gasteiger partial charge in [-0.25, -0.2) is 4.79 Å². The third-order valence-corrected chi connectivity index (χ3v) is 4.52. The zero-order valence-corrected chi connectivity index (χ0v) is 17.0. The van der Waals surface area contributed by atoms with Gasteiger partial charge in [-0.15, -0.1) is 0 Å². The van der Waals surface area contributed by atoms with Crippen molar-refractivity contribution >= 4 is 11.8 Å². The van der Waals surface area contributed by atoms with E-state index in [9.17, 15) is 9.59 Å². The van der Waals surface area contributed by atoms with Crippen LogP contribution in [0.4, 0.5) is 0 Å². The maximum absolute atomic E-state index is 12.7. The Morgan fingerprint density at radius 1 is 0.786 bits per heavy atom. The Morgan fingerprint density at radius 3 is 2.00 bits per heavy atom. The van der Waals surface area contributed by atoms with Gasteiger partial charge in [-0.2, -0.15) is 0 Å². The Hall–Kier alpha value is -3.02. The third kappa shape index (κ3) is 4.63. The first-order valence-corrected chi connectivity index (χ1v) is 9.11. The summed E-state index contributed by atoms with van der Waals surface area (Å²) in [6, 6.07) is 8.84. The van der Waals surface area contributed by atoms with Crippen LogP contribution in [-0.2, 0) is 17.6 Å². The van der Waals surface area contributed by atoms with E-state index in [-0.39, 0.29) is 23.7 Å². The lowest BCUT2D eigenvalue weighted by atomic mass is 9.98. The number of methoxy groups -OCH3 is 3. The van der Waals surface area contributed by atoms with Crippen LogP contribution in [0, 0.1) is 0 Å². The molecule has 0 saturated heterocycles. The summed E-state index contributed by atoms with van der Waals surface area (Å²) in [7, 11) is 4.40. The minimum atomic E-state index is -0.671. The number of benzene rings is 2. The van der Waals surface area contributed by atoms with Crippen molar-refractivity contribution in [2.24, 2.45) is 0 Å². The quantitative estimate of drug-likeness (QED) is 0.481. The molecule has 0 N–H and O–H groups in total. The van der Waals surface area contributed by atoms with Crippen LogP contribution in [0.25, 0.3) is 0 Å². The van der Waals surface area contributed by atoms with Crippen molar-refractivity contribution in [2.75, 3.05) is 27.9 Å². The first-order chi connectivity index (χ1) is 13.5. The molecular formula is C22H26O6. The summed E-state index contributed by atoms with van der Waals surface area (Å²) >= 11 is 0. The van der Waals surface area contributed by atoms with Crippen molar-refractivity contribution in [3.8, 4) is 17.2 Å². The molecule has 0 spiro atoms. The van der Waals surface area contributed by atoms with Crippen molar-refractivity contribution in [2.45, 2.75) is 26.7 Å². The van der Waals surface area contributed by atoms with Crippen molar-refractivity contribution in [3.05, 3.63) is 52.6 Å². The summed E-state index contributed by atoms with van der Waals surface area (Å²) in [4.78, 5) is 25.2. The fourth-order valence-corrected chi connectivity index (χ4v) is 2.89. The summed E-state index contributed by atoms with van der Waals surface area (Å²) in [5, 5.41) is 0. The van der Waals surface area contributed by atoms with Crippen molar-refractivity contribution in [1.29, 1.82) is 0 Å². The molecule has 0 fully saturated rings. The van der Waals surface area contributed by atoms with Gasteiger partial charge in [0.1, 0.15) is 11.3 Å². The number of ether oxygens (including phenoxy) is 4. The molecule has 0 aliphatic rings. The average molecular weight is 386 g/mol. The zero-order chi connectivity index (χ0) is 20.7. The second-order valence-corrected chi connectivity index (χ2v) is 6.11. The summed E-state index contributed by atoms with van der Waals surface area (Å²) in [5.41, 5.74) is 2.75. The van der Waals surface area contributed by atoms with Crippen molar-refractivity contribution < 1.29 is 28.5 Å². The molecule has 6 heteroatoms. The normalized spacial score (nSPS) is 10.3. The highest BCUT2D eigenvalue weighted by molar-refractivity contribution is 6.01. The molecule has 0 bridgehead atoms. The summed E-state index contributed by atoms with van der Waals surface area (Å²) in [6.45, 7) is 3.66. The number of aryl methyl sites for hydroxylation is 2. The van der Waals surface area contributed by atoms with Crippen molar-refractivity contribution in [3.63, 3.8) is 0 Å². The summed E-state index contributed by atoms with van der Waals surface area (Å²) in [6.07, 6.45) is 1.55. The number of rotatable bonds is 9. The fraction of sp³-hybridized carbons (Fsp3) is 0.364. The highest BCUT2D eigenvalue weighted by Gasteiger charge is 2.21. The van der Waals surface area contributed by atoms with Crippen molar-refractivity contribution in [1.82, 2.24) is 0 Å². The monoisotopic (exact) mass is 386 g/mol. The van der Waals surface area contributed by atoms with Gasteiger partial charge in [-0.05, 0) is 30.0 Å².